The van der Waals surface area contributed by atoms with Gasteiger partial charge in [0.15, 0.2) is 11.5 Å². The van der Waals surface area contributed by atoms with E-state index in [1.54, 1.807) is 12.1 Å². The minimum absolute atomic E-state index is 0.0530. The van der Waals surface area contributed by atoms with Crippen molar-refractivity contribution in [3.8, 4) is 11.5 Å². The molecule has 0 saturated carbocycles. The van der Waals surface area contributed by atoms with E-state index < -0.39 is 10.0 Å². The maximum atomic E-state index is 12.7. The van der Waals surface area contributed by atoms with Gasteiger partial charge in [0.25, 0.3) is 0 Å². The first-order chi connectivity index (χ1) is 13.4. The van der Waals surface area contributed by atoms with Gasteiger partial charge in [0, 0.05) is 24.8 Å². The van der Waals surface area contributed by atoms with Crippen LogP contribution < -0.4 is 19.1 Å². The Hall–Kier alpha value is -2.43. The third kappa shape index (κ3) is 4.70. The third-order valence-corrected chi connectivity index (χ3v) is 5.70. The molecule has 0 amide bonds. The summed E-state index contributed by atoms with van der Waals surface area (Å²) >= 11 is 0. The van der Waals surface area contributed by atoms with Crippen LogP contribution in [-0.2, 0) is 21.3 Å². The number of morpholine rings is 1. The van der Waals surface area contributed by atoms with E-state index in [1.165, 1.54) is 26.4 Å². The molecule has 9 nitrogen and oxygen atoms in total. The summed E-state index contributed by atoms with van der Waals surface area (Å²) in [6.45, 7) is 4.58. The van der Waals surface area contributed by atoms with Crippen LogP contribution in [0.1, 0.15) is 11.4 Å². The van der Waals surface area contributed by atoms with Crippen LogP contribution in [0.3, 0.4) is 0 Å². The van der Waals surface area contributed by atoms with Gasteiger partial charge in [-0.15, -0.1) is 0 Å². The van der Waals surface area contributed by atoms with Crippen LogP contribution in [0.5, 0.6) is 11.5 Å². The quantitative estimate of drug-likeness (QED) is 0.727. The average Bonchev–Trinajstić information content (AvgIpc) is 2.72. The molecule has 2 aromatic rings. The van der Waals surface area contributed by atoms with Gasteiger partial charge in [0.2, 0.25) is 16.0 Å². The molecule has 0 bridgehead atoms. The predicted octanol–water partition coefficient (Wildman–Crippen LogP) is 1.12. The Morgan fingerprint density at radius 1 is 1.11 bits per heavy atom. The molecule has 0 radical (unpaired) electrons. The number of methoxy groups -OCH3 is 2. The van der Waals surface area contributed by atoms with Crippen LogP contribution in [0.25, 0.3) is 0 Å². The Morgan fingerprint density at radius 2 is 1.82 bits per heavy atom. The van der Waals surface area contributed by atoms with Crippen LogP contribution in [0, 0.1) is 6.92 Å². The summed E-state index contributed by atoms with van der Waals surface area (Å²) in [4.78, 5) is 11.1. The predicted molar refractivity (Wildman–Crippen MR) is 103 cm³/mol. The van der Waals surface area contributed by atoms with Gasteiger partial charge in [0.1, 0.15) is 0 Å². The molecule has 10 heteroatoms. The van der Waals surface area contributed by atoms with E-state index in [0.29, 0.717) is 49.4 Å². The lowest BCUT2D eigenvalue weighted by molar-refractivity contribution is 0.122. The van der Waals surface area contributed by atoms with E-state index in [2.05, 4.69) is 14.7 Å². The Kier molecular flexibility index (Phi) is 6.32. The lowest BCUT2D eigenvalue weighted by Crippen LogP contribution is -2.37. The van der Waals surface area contributed by atoms with Gasteiger partial charge in [-0.1, -0.05) is 0 Å². The highest BCUT2D eigenvalue weighted by Crippen LogP contribution is 2.29. The Bertz CT molecular complexity index is 930. The van der Waals surface area contributed by atoms with Gasteiger partial charge in [-0.3, -0.25) is 0 Å². The number of rotatable bonds is 7. The molecular weight excluding hydrogens is 384 g/mol. The third-order valence-electron chi connectivity index (χ3n) is 4.30. The number of sulfonamides is 1. The Morgan fingerprint density at radius 3 is 2.50 bits per heavy atom. The highest BCUT2D eigenvalue weighted by molar-refractivity contribution is 7.89. The highest BCUT2D eigenvalue weighted by Gasteiger charge is 2.19. The fraction of sp³-hybridized carbons (Fsp3) is 0.444. The molecule has 1 aliphatic heterocycles. The highest BCUT2D eigenvalue weighted by atomic mass is 32.2. The van der Waals surface area contributed by atoms with Crippen LogP contribution in [0.2, 0.25) is 0 Å². The SMILES string of the molecule is COc1ccc(S(=O)(=O)NCc2cc(C)nc(N3CCOCC3)n2)cc1OC. The maximum Gasteiger partial charge on any atom is 0.241 e. The van der Waals surface area contributed by atoms with Crippen molar-refractivity contribution in [3.05, 3.63) is 35.7 Å². The molecule has 152 valence electrons. The van der Waals surface area contributed by atoms with Crippen LogP contribution in [0.4, 0.5) is 5.95 Å². The molecular formula is C18H24N4O5S. The van der Waals surface area contributed by atoms with Crippen molar-refractivity contribution >= 4 is 16.0 Å². The van der Waals surface area contributed by atoms with Gasteiger partial charge in [0.05, 0.1) is 44.6 Å². The van der Waals surface area contributed by atoms with Crippen molar-refractivity contribution in [1.29, 1.82) is 0 Å². The van der Waals surface area contributed by atoms with Gasteiger partial charge in [-0.25, -0.2) is 23.1 Å². The molecule has 2 heterocycles. The van der Waals surface area contributed by atoms with Crippen LogP contribution in [0.15, 0.2) is 29.2 Å². The number of nitrogens with one attached hydrogen (secondary N) is 1. The first-order valence-corrected chi connectivity index (χ1v) is 10.3. The zero-order chi connectivity index (χ0) is 20.1. The summed E-state index contributed by atoms with van der Waals surface area (Å²) in [5, 5.41) is 0. The number of aromatic nitrogens is 2. The molecule has 0 atom stereocenters. The minimum atomic E-state index is -3.75. The number of benzene rings is 1. The van der Waals surface area contributed by atoms with Crippen molar-refractivity contribution < 1.29 is 22.6 Å². The molecule has 1 N–H and O–H groups in total. The van der Waals surface area contributed by atoms with E-state index in [4.69, 9.17) is 14.2 Å². The normalized spacial score (nSPS) is 14.8. The molecule has 0 spiro atoms. The van der Waals surface area contributed by atoms with E-state index in [1.807, 2.05) is 11.8 Å². The minimum Gasteiger partial charge on any atom is -0.493 e. The maximum absolute atomic E-state index is 12.7. The molecule has 0 unspecified atom stereocenters. The molecule has 1 fully saturated rings. The second-order valence-electron chi connectivity index (χ2n) is 6.24. The zero-order valence-electron chi connectivity index (χ0n) is 16.1. The molecule has 0 aliphatic carbocycles. The number of hydrogen-bond donors (Lipinski definition) is 1. The summed E-state index contributed by atoms with van der Waals surface area (Å²) in [5.74, 6) is 1.39. The second kappa shape index (κ2) is 8.72. The lowest BCUT2D eigenvalue weighted by atomic mass is 10.3. The Balaban J connectivity index is 1.76. The summed E-state index contributed by atoms with van der Waals surface area (Å²) < 4.78 is 43.6. The fourth-order valence-corrected chi connectivity index (χ4v) is 3.86. The molecule has 3 rings (SSSR count). The number of aryl methyl sites for hydroxylation is 1. The molecule has 1 aromatic heterocycles. The van der Waals surface area contributed by atoms with E-state index in [0.717, 1.165) is 5.69 Å². The van der Waals surface area contributed by atoms with E-state index in [-0.39, 0.29) is 11.4 Å². The topological polar surface area (TPSA) is 103 Å². The standard InChI is InChI=1S/C18H24N4O5S/c1-13-10-14(21-18(20-13)22-6-8-27-9-7-22)12-19-28(23,24)15-4-5-16(25-2)17(11-15)26-3/h4-5,10-11,19H,6-9,12H2,1-3H3. The largest absolute Gasteiger partial charge is 0.493 e. The van der Waals surface area contributed by atoms with Crippen LogP contribution >= 0.6 is 0 Å². The first-order valence-electron chi connectivity index (χ1n) is 8.82. The summed E-state index contributed by atoms with van der Waals surface area (Å²) in [6, 6.07) is 6.21. The van der Waals surface area contributed by atoms with Gasteiger partial charge in [-0.05, 0) is 25.1 Å². The van der Waals surface area contributed by atoms with Crippen molar-refractivity contribution in [1.82, 2.24) is 14.7 Å². The molecule has 1 aromatic carbocycles. The second-order valence-corrected chi connectivity index (χ2v) is 8.01. The monoisotopic (exact) mass is 408 g/mol. The van der Waals surface area contributed by atoms with Crippen molar-refractivity contribution in [3.63, 3.8) is 0 Å². The first kappa shape index (κ1) is 20.3. The summed E-state index contributed by atoms with van der Waals surface area (Å²) in [5.41, 5.74) is 1.37. The van der Waals surface area contributed by atoms with Gasteiger partial charge < -0.3 is 19.1 Å². The smallest absolute Gasteiger partial charge is 0.241 e. The summed E-state index contributed by atoms with van der Waals surface area (Å²) in [7, 11) is -0.796. The zero-order valence-corrected chi connectivity index (χ0v) is 17.0. The summed E-state index contributed by atoms with van der Waals surface area (Å²) in [6.07, 6.45) is 0. The number of nitrogens with zero attached hydrogens (tertiary/aromatic N) is 3. The van der Waals surface area contributed by atoms with Crippen LogP contribution in [-0.4, -0.2) is 58.9 Å². The van der Waals surface area contributed by atoms with E-state index in [9.17, 15) is 8.42 Å². The van der Waals surface area contributed by atoms with Gasteiger partial charge in [-0.2, -0.15) is 0 Å². The van der Waals surface area contributed by atoms with Crippen molar-refractivity contribution in [2.24, 2.45) is 0 Å². The molecule has 1 aliphatic rings. The number of ether oxygens (including phenoxy) is 3. The number of anilines is 1. The fourth-order valence-electron chi connectivity index (χ4n) is 2.85. The lowest BCUT2D eigenvalue weighted by Gasteiger charge is -2.27. The Labute approximate surface area is 164 Å². The molecule has 1 saturated heterocycles. The van der Waals surface area contributed by atoms with Gasteiger partial charge >= 0.3 is 0 Å². The average molecular weight is 408 g/mol. The van der Waals surface area contributed by atoms with Crippen molar-refractivity contribution in [2.45, 2.75) is 18.4 Å². The number of hydrogen-bond acceptors (Lipinski definition) is 8. The van der Waals surface area contributed by atoms with E-state index >= 15 is 0 Å². The van der Waals surface area contributed by atoms with Crippen molar-refractivity contribution in [2.75, 3.05) is 45.4 Å². The molecule has 28 heavy (non-hydrogen) atoms.